The third-order valence-electron chi connectivity index (χ3n) is 8.63. The molecule has 3 heterocycles. The van der Waals surface area contributed by atoms with E-state index in [0.717, 1.165) is 62.4 Å². The first-order chi connectivity index (χ1) is 22.2. The lowest BCUT2D eigenvalue weighted by atomic mass is 9.98. The van der Waals surface area contributed by atoms with E-state index < -0.39 is 0 Å². The second-order valence-corrected chi connectivity index (χ2v) is 11.3. The normalized spacial score (nSPS) is 14.5. The first-order valence-corrected chi connectivity index (χ1v) is 15.3. The van der Waals surface area contributed by atoms with E-state index in [1.807, 2.05) is 6.08 Å². The van der Waals surface area contributed by atoms with Crippen LogP contribution >= 0.6 is 0 Å². The van der Waals surface area contributed by atoms with Crippen LogP contribution in [0, 0.1) is 6.92 Å². The summed E-state index contributed by atoms with van der Waals surface area (Å²) in [5.74, 6) is 1.80. The van der Waals surface area contributed by atoms with Gasteiger partial charge in [0.2, 0.25) is 11.9 Å². The van der Waals surface area contributed by atoms with Crippen molar-refractivity contribution in [3.8, 4) is 23.3 Å². The molecule has 1 aliphatic rings. The van der Waals surface area contributed by atoms with Gasteiger partial charge >= 0.3 is 0 Å². The van der Waals surface area contributed by atoms with E-state index in [1.165, 1.54) is 11.1 Å². The van der Waals surface area contributed by atoms with E-state index in [4.69, 9.17) is 15.0 Å². The zero-order valence-corrected chi connectivity index (χ0v) is 25.1. The van der Waals surface area contributed by atoms with Crippen LogP contribution in [0.2, 0.25) is 0 Å². The fraction of sp³-hybridized carbons (Fsp3) is 0.0750. The molecule has 3 aromatic heterocycles. The Morgan fingerprint density at radius 1 is 0.689 bits per heavy atom. The summed E-state index contributed by atoms with van der Waals surface area (Å²) in [6.07, 6.45) is 16.6. The molecular weight excluding hydrogens is 550 g/mol. The van der Waals surface area contributed by atoms with Gasteiger partial charge in [0.25, 0.3) is 0 Å². The summed E-state index contributed by atoms with van der Waals surface area (Å²) in [6, 6.07) is 31.8. The van der Waals surface area contributed by atoms with Gasteiger partial charge in [0, 0.05) is 33.0 Å². The average molecular weight is 582 g/mol. The van der Waals surface area contributed by atoms with Crippen LogP contribution in [0.4, 0.5) is 0 Å². The maximum absolute atomic E-state index is 5.23. The molecule has 0 N–H and O–H groups in total. The average Bonchev–Trinajstić information content (AvgIpc) is 3.55. The van der Waals surface area contributed by atoms with Crippen molar-refractivity contribution >= 4 is 44.9 Å². The summed E-state index contributed by atoms with van der Waals surface area (Å²) >= 11 is 0. The van der Waals surface area contributed by atoms with Crippen molar-refractivity contribution in [3.05, 3.63) is 150 Å². The number of nitrogens with zero attached hydrogens (tertiary/aromatic N) is 5. The first-order valence-electron chi connectivity index (χ1n) is 15.3. The van der Waals surface area contributed by atoms with Gasteiger partial charge in [-0.1, -0.05) is 116 Å². The number of rotatable bonds is 5. The lowest BCUT2D eigenvalue weighted by molar-refractivity contribution is 0.865. The van der Waals surface area contributed by atoms with Gasteiger partial charge in [0.1, 0.15) is 0 Å². The van der Waals surface area contributed by atoms with Gasteiger partial charge in [0.05, 0.1) is 16.6 Å². The highest BCUT2D eigenvalue weighted by Crippen LogP contribution is 2.34. The minimum absolute atomic E-state index is 0.579. The summed E-state index contributed by atoms with van der Waals surface area (Å²) in [5, 5.41) is 3.46. The summed E-state index contributed by atoms with van der Waals surface area (Å²) in [5.41, 5.74) is 8.75. The molecule has 0 fully saturated rings. The Kier molecular flexibility index (Phi) is 6.57. The van der Waals surface area contributed by atoms with Crippen LogP contribution in [0.5, 0.6) is 0 Å². The Hall–Kier alpha value is -5.81. The Bertz CT molecular complexity index is 2310. The Balaban J connectivity index is 1.44. The van der Waals surface area contributed by atoms with Crippen LogP contribution in [-0.2, 0) is 6.42 Å². The Morgan fingerprint density at radius 3 is 2.04 bits per heavy atom. The smallest absolute Gasteiger partial charge is 0.240 e. The lowest BCUT2D eigenvalue weighted by Crippen LogP contribution is -2.11. The van der Waals surface area contributed by atoms with Gasteiger partial charge in [-0.15, -0.1) is 0 Å². The monoisotopic (exact) mass is 581 g/mol. The standard InChI is InChI=1S/C40H31N5/c1-3-4-17-31-27(2)44(35-21-12-9-18-32(31)35)39-41-38(30-25-24-28-15-7-5-6-8-16-29(28)26-30)42-40(43-39)45-36-22-13-10-19-33(36)34-20-11-14-23-37(34)45/h3-4,6-15,17-26H,1,5,16H2,2H3/b8-6-,15-7-,17-4-. The largest absolute Gasteiger partial charge is 0.282 e. The summed E-state index contributed by atoms with van der Waals surface area (Å²) in [4.78, 5) is 15.6. The SMILES string of the molecule is C=C/C=C\c1c(C)n(-c2nc(-c3ccc4c(c3)C/C=C\C/C=C\4)nc(-n3c4ccccc4c4ccccc43)n2)c2ccccc12. The highest BCUT2D eigenvalue weighted by Gasteiger charge is 2.21. The molecule has 0 saturated heterocycles. The second kappa shape index (κ2) is 11.0. The zero-order chi connectivity index (χ0) is 30.3. The number of para-hydroxylation sites is 3. The summed E-state index contributed by atoms with van der Waals surface area (Å²) in [7, 11) is 0. The minimum Gasteiger partial charge on any atom is -0.282 e. The van der Waals surface area contributed by atoms with Gasteiger partial charge in [-0.25, -0.2) is 0 Å². The van der Waals surface area contributed by atoms with Crippen molar-refractivity contribution in [2.75, 3.05) is 0 Å². The van der Waals surface area contributed by atoms with Crippen molar-refractivity contribution < 1.29 is 0 Å². The second-order valence-electron chi connectivity index (χ2n) is 11.3. The van der Waals surface area contributed by atoms with Crippen LogP contribution in [0.1, 0.15) is 28.8 Å². The van der Waals surface area contributed by atoms with E-state index >= 15 is 0 Å². The number of hydrogen-bond acceptors (Lipinski definition) is 3. The molecule has 8 rings (SSSR count). The molecule has 0 atom stereocenters. The predicted molar refractivity (Wildman–Crippen MR) is 187 cm³/mol. The van der Waals surface area contributed by atoms with E-state index in [1.54, 1.807) is 6.08 Å². The molecule has 0 saturated carbocycles. The molecule has 0 bridgehead atoms. The number of benzene rings is 4. The van der Waals surface area contributed by atoms with Gasteiger partial charge in [-0.05, 0) is 55.2 Å². The van der Waals surface area contributed by atoms with E-state index in [2.05, 4.69) is 144 Å². The van der Waals surface area contributed by atoms with Crippen LogP contribution < -0.4 is 0 Å². The molecule has 45 heavy (non-hydrogen) atoms. The van der Waals surface area contributed by atoms with Crippen molar-refractivity contribution in [2.45, 2.75) is 19.8 Å². The van der Waals surface area contributed by atoms with Crippen molar-refractivity contribution in [1.29, 1.82) is 0 Å². The molecule has 0 aliphatic heterocycles. The molecule has 5 heteroatoms. The summed E-state index contributed by atoms with van der Waals surface area (Å²) < 4.78 is 4.32. The van der Waals surface area contributed by atoms with Crippen LogP contribution in [-0.4, -0.2) is 24.1 Å². The lowest BCUT2D eigenvalue weighted by Gasteiger charge is -2.14. The molecular formula is C40H31N5. The van der Waals surface area contributed by atoms with E-state index in [0.29, 0.717) is 17.7 Å². The van der Waals surface area contributed by atoms with Gasteiger partial charge in [-0.3, -0.25) is 9.13 Å². The number of fused-ring (bicyclic) bond motifs is 5. The molecule has 7 aromatic rings. The zero-order valence-electron chi connectivity index (χ0n) is 25.1. The van der Waals surface area contributed by atoms with E-state index in [-0.39, 0.29) is 0 Å². The van der Waals surface area contributed by atoms with Crippen LogP contribution in [0.15, 0.2) is 128 Å². The van der Waals surface area contributed by atoms with Crippen LogP contribution in [0.25, 0.3) is 68.1 Å². The minimum atomic E-state index is 0.579. The van der Waals surface area contributed by atoms with Crippen molar-refractivity contribution in [3.63, 3.8) is 0 Å². The maximum atomic E-state index is 5.23. The first kappa shape index (κ1) is 26.8. The molecule has 0 spiro atoms. The molecule has 0 radical (unpaired) electrons. The van der Waals surface area contributed by atoms with Crippen molar-refractivity contribution in [1.82, 2.24) is 24.1 Å². The highest BCUT2D eigenvalue weighted by molar-refractivity contribution is 6.09. The van der Waals surface area contributed by atoms with E-state index in [9.17, 15) is 0 Å². The topological polar surface area (TPSA) is 48.5 Å². The van der Waals surface area contributed by atoms with Crippen LogP contribution in [0.3, 0.4) is 0 Å². The van der Waals surface area contributed by atoms with Gasteiger partial charge in [-0.2, -0.15) is 15.0 Å². The molecule has 1 aliphatic carbocycles. The number of allylic oxidation sites excluding steroid dienone is 5. The molecule has 0 unspecified atom stereocenters. The Morgan fingerprint density at radius 2 is 1.33 bits per heavy atom. The number of hydrogen-bond donors (Lipinski definition) is 0. The quantitative estimate of drug-likeness (QED) is 0.150. The summed E-state index contributed by atoms with van der Waals surface area (Å²) in [6.45, 7) is 6.01. The van der Waals surface area contributed by atoms with Gasteiger partial charge in [0.15, 0.2) is 5.82 Å². The third-order valence-corrected chi connectivity index (χ3v) is 8.63. The number of aromatic nitrogens is 5. The third kappa shape index (κ3) is 4.52. The fourth-order valence-electron chi connectivity index (χ4n) is 6.51. The van der Waals surface area contributed by atoms with Gasteiger partial charge < -0.3 is 0 Å². The predicted octanol–water partition coefficient (Wildman–Crippen LogP) is 9.60. The maximum Gasteiger partial charge on any atom is 0.240 e. The highest BCUT2D eigenvalue weighted by atomic mass is 15.3. The molecule has 0 amide bonds. The molecule has 216 valence electrons. The fourth-order valence-corrected chi connectivity index (χ4v) is 6.51. The Labute approximate surface area is 261 Å². The molecule has 5 nitrogen and oxygen atoms in total. The van der Waals surface area contributed by atoms with Crippen molar-refractivity contribution in [2.24, 2.45) is 0 Å². The molecule has 4 aromatic carbocycles.